The van der Waals surface area contributed by atoms with Crippen LogP contribution in [0.2, 0.25) is 5.02 Å². The van der Waals surface area contributed by atoms with Gasteiger partial charge in [0.1, 0.15) is 0 Å². The molecule has 0 aromatic heterocycles. The Morgan fingerprint density at radius 2 is 2.20 bits per heavy atom. The fourth-order valence-corrected chi connectivity index (χ4v) is 2.70. The van der Waals surface area contributed by atoms with E-state index in [0.717, 1.165) is 19.5 Å². The number of benzene rings is 1. The number of amides is 1. The van der Waals surface area contributed by atoms with E-state index in [2.05, 4.69) is 24.1 Å². The quantitative estimate of drug-likeness (QED) is 0.843. The molecule has 0 spiro atoms. The number of carbonyl (C=O) groups excluding carboxylic acids is 1. The molecule has 0 aliphatic carbocycles. The highest BCUT2D eigenvalue weighted by Crippen LogP contribution is 2.30. The van der Waals surface area contributed by atoms with Gasteiger partial charge in [0.2, 0.25) is 5.91 Å². The Kier molecular flexibility index (Phi) is 4.25. The van der Waals surface area contributed by atoms with Crippen molar-refractivity contribution in [1.82, 2.24) is 4.90 Å². The smallest absolute Gasteiger partial charge is 0.241 e. The number of nitrogens with one attached hydrogen (secondary N) is 1. The number of nitrogens with zero attached hydrogens (tertiary/aromatic N) is 1. The monoisotopic (exact) mass is 295 g/mol. The van der Waals surface area contributed by atoms with Gasteiger partial charge in [-0.05, 0) is 43.5 Å². The number of halogens is 1. The van der Waals surface area contributed by atoms with Crippen molar-refractivity contribution in [1.29, 1.82) is 0 Å². The zero-order valence-electron chi connectivity index (χ0n) is 12.2. The van der Waals surface area contributed by atoms with Crippen molar-refractivity contribution < 1.29 is 4.79 Å². The summed E-state index contributed by atoms with van der Waals surface area (Å²) < 4.78 is 0. The average molecular weight is 296 g/mol. The van der Waals surface area contributed by atoms with Crippen LogP contribution in [0.3, 0.4) is 0 Å². The number of anilines is 2. The van der Waals surface area contributed by atoms with E-state index in [4.69, 9.17) is 17.3 Å². The maximum atomic E-state index is 12.3. The van der Waals surface area contributed by atoms with Gasteiger partial charge in [-0.1, -0.05) is 25.4 Å². The molecule has 0 radical (unpaired) electrons. The van der Waals surface area contributed by atoms with Gasteiger partial charge in [0.05, 0.1) is 17.4 Å². The molecule has 0 bridgehead atoms. The molecule has 4 nitrogen and oxygen atoms in total. The largest absolute Gasteiger partial charge is 0.397 e. The van der Waals surface area contributed by atoms with E-state index < -0.39 is 0 Å². The van der Waals surface area contributed by atoms with E-state index in [1.165, 1.54) is 0 Å². The summed E-state index contributed by atoms with van der Waals surface area (Å²) in [4.78, 5) is 14.5. The predicted molar refractivity (Wildman–Crippen MR) is 83.9 cm³/mol. The van der Waals surface area contributed by atoms with Crippen LogP contribution in [-0.2, 0) is 4.79 Å². The van der Waals surface area contributed by atoms with Crippen molar-refractivity contribution >= 4 is 28.9 Å². The lowest BCUT2D eigenvalue weighted by Gasteiger charge is -2.25. The second kappa shape index (κ2) is 5.62. The molecular formula is C15H22ClN3O. The van der Waals surface area contributed by atoms with Crippen LogP contribution in [0.1, 0.15) is 27.2 Å². The molecule has 1 fully saturated rings. The molecule has 1 aliphatic heterocycles. The van der Waals surface area contributed by atoms with Crippen molar-refractivity contribution in [2.45, 2.75) is 33.2 Å². The molecule has 1 amide bonds. The normalized spacial score (nSPS) is 19.8. The Bertz CT molecular complexity index is 516. The summed E-state index contributed by atoms with van der Waals surface area (Å²) >= 11 is 5.93. The summed E-state index contributed by atoms with van der Waals surface area (Å²) in [6.07, 6.45) is 1.12. The lowest BCUT2D eigenvalue weighted by Crippen LogP contribution is -2.41. The molecule has 1 heterocycles. The van der Waals surface area contributed by atoms with Crippen LogP contribution in [0.25, 0.3) is 0 Å². The summed E-state index contributed by atoms with van der Waals surface area (Å²) in [5.74, 6) is -0.0448. The van der Waals surface area contributed by atoms with E-state index in [-0.39, 0.29) is 17.4 Å². The maximum absolute atomic E-state index is 12.3. The highest BCUT2D eigenvalue weighted by Gasteiger charge is 2.34. The van der Waals surface area contributed by atoms with Gasteiger partial charge >= 0.3 is 0 Å². The van der Waals surface area contributed by atoms with E-state index in [1.807, 2.05) is 6.92 Å². The number of nitrogens with two attached hydrogens (primary N) is 1. The number of likely N-dealkylation sites (tertiary alicyclic amines) is 1. The third kappa shape index (κ3) is 3.44. The lowest BCUT2D eigenvalue weighted by molar-refractivity contribution is -0.120. The minimum atomic E-state index is -0.171. The van der Waals surface area contributed by atoms with Gasteiger partial charge in [0.25, 0.3) is 0 Å². The minimum Gasteiger partial charge on any atom is -0.397 e. The van der Waals surface area contributed by atoms with Gasteiger partial charge < -0.3 is 11.1 Å². The zero-order chi connectivity index (χ0) is 14.9. The van der Waals surface area contributed by atoms with Crippen molar-refractivity contribution in [2.24, 2.45) is 5.41 Å². The lowest BCUT2D eigenvalue weighted by atomic mass is 9.93. The number of carbonyl (C=O) groups is 1. The van der Waals surface area contributed by atoms with Gasteiger partial charge in [-0.2, -0.15) is 0 Å². The van der Waals surface area contributed by atoms with Gasteiger partial charge in [-0.25, -0.2) is 0 Å². The van der Waals surface area contributed by atoms with Crippen molar-refractivity contribution in [3.63, 3.8) is 0 Å². The summed E-state index contributed by atoms with van der Waals surface area (Å²) in [6.45, 7) is 8.27. The third-order valence-corrected chi connectivity index (χ3v) is 4.14. The Balaban J connectivity index is 2.03. The number of hydrogen-bond donors (Lipinski definition) is 2. The highest BCUT2D eigenvalue weighted by atomic mass is 35.5. The van der Waals surface area contributed by atoms with Gasteiger partial charge in [0.15, 0.2) is 0 Å². The second-order valence-electron chi connectivity index (χ2n) is 6.28. The molecule has 1 saturated heterocycles. The van der Waals surface area contributed by atoms with Crippen LogP contribution in [0.15, 0.2) is 18.2 Å². The van der Waals surface area contributed by atoms with Crippen LogP contribution in [-0.4, -0.2) is 29.9 Å². The molecule has 20 heavy (non-hydrogen) atoms. The SMILES string of the molecule is CC(C(=O)Nc1cc(Cl)ccc1N)N1CCC(C)(C)C1. The van der Waals surface area contributed by atoms with Crippen LogP contribution in [0.5, 0.6) is 0 Å². The van der Waals surface area contributed by atoms with Gasteiger partial charge in [-0.15, -0.1) is 0 Å². The molecule has 1 atom stereocenters. The molecule has 1 aromatic rings. The number of hydrogen-bond acceptors (Lipinski definition) is 3. The Labute approximate surface area is 125 Å². The minimum absolute atomic E-state index is 0.0448. The van der Waals surface area contributed by atoms with Gasteiger partial charge in [-0.3, -0.25) is 9.69 Å². The molecule has 2 rings (SSSR count). The van der Waals surface area contributed by atoms with Crippen LogP contribution < -0.4 is 11.1 Å². The molecule has 1 aliphatic rings. The molecule has 110 valence electrons. The number of rotatable bonds is 3. The van der Waals surface area contributed by atoms with E-state index >= 15 is 0 Å². The average Bonchev–Trinajstić information content (AvgIpc) is 2.73. The zero-order valence-corrected chi connectivity index (χ0v) is 13.0. The Morgan fingerprint density at radius 1 is 1.50 bits per heavy atom. The fourth-order valence-electron chi connectivity index (χ4n) is 2.52. The molecule has 5 heteroatoms. The molecule has 1 aromatic carbocycles. The van der Waals surface area contributed by atoms with Crippen LogP contribution in [0, 0.1) is 5.41 Å². The first kappa shape index (κ1) is 15.1. The first-order valence-electron chi connectivity index (χ1n) is 6.88. The molecule has 0 saturated carbocycles. The van der Waals surface area contributed by atoms with Crippen LogP contribution >= 0.6 is 11.6 Å². The standard InChI is InChI=1S/C15H22ClN3O/c1-10(19-7-6-15(2,3)9-19)14(20)18-13-8-11(16)4-5-12(13)17/h4-5,8,10H,6-7,9,17H2,1-3H3,(H,18,20). The molecule has 1 unspecified atom stereocenters. The van der Waals surface area contributed by atoms with Crippen molar-refractivity contribution in [3.05, 3.63) is 23.2 Å². The Hall–Kier alpha value is -1.26. The highest BCUT2D eigenvalue weighted by molar-refractivity contribution is 6.31. The van der Waals surface area contributed by atoms with E-state index in [0.29, 0.717) is 16.4 Å². The first-order chi connectivity index (χ1) is 9.28. The predicted octanol–water partition coefficient (Wildman–Crippen LogP) is 2.98. The topological polar surface area (TPSA) is 58.4 Å². The first-order valence-corrected chi connectivity index (χ1v) is 7.26. The summed E-state index contributed by atoms with van der Waals surface area (Å²) in [5, 5.41) is 3.42. The fraction of sp³-hybridized carbons (Fsp3) is 0.533. The van der Waals surface area contributed by atoms with Crippen LogP contribution in [0.4, 0.5) is 11.4 Å². The Morgan fingerprint density at radius 3 is 2.80 bits per heavy atom. The molecule has 3 N–H and O–H groups in total. The van der Waals surface area contributed by atoms with Crippen molar-refractivity contribution in [3.8, 4) is 0 Å². The summed E-state index contributed by atoms with van der Waals surface area (Å²) in [7, 11) is 0. The summed E-state index contributed by atoms with van der Waals surface area (Å²) in [5.41, 5.74) is 7.23. The second-order valence-corrected chi connectivity index (χ2v) is 6.72. The van der Waals surface area contributed by atoms with Crippen molar-refractivity contribution in [2.75, 3.05) is 24.1 Å². The van der Waals surface area contributed by atoms with E-state index in [9.17, 15) is 4.79 Å². The van der Waals surface area contributed by atoms with E-state index in [1.54, 1.807) is 18.2 Å². The summed E-state index contributed by atoms with van der Waals surface area (Å²) in [6, 6.07) is 4.91. The number of nitrogen functional groups attached to an aromatic ring is 1. The van der Waals surface area contributed by atoms with Gasteiger partial charge in [0, 0.05) is 11.6 Å². The molecular weight excluding hydrogens is 274 g/mol. The third-order valence-electron chi connectivity index (χ3n) is 3.91. The maximum Gasteiger partial charge on any atom is 0.241 e.